The van der Waals surface area contributed by atoms with Gasteiger partial charge in [0.2, 0.25) is 23.6 Å². The molecule has 164 valence electrons. The molecule has 0 heterocycles. The van der Waals surface area contributed by atoms with Crippen molar-refractivity contribution in [1.29, 1.82) is 0 Å². The van der Waals surface area contributed by atoms with E-state index >= 15 is 0 Å². The van der Waals surface area contributed by atoms with Gasteiger partial charge in [-0.1, -0.05) is 13.8 Å². The van der Waals surface area contributed by atoms with Crippen LogP contribution in [0.1, 0.15) is 33.1 Å². The molecule has 0 aromatic heterocycles. The fraction of sp³-hybridized carbons (Fsp3) is 0.625. The van der Waals surface area contributed by atoms with Crippen molar-refractivity contribution >= 4 is 35.6 Å². The number of nitrogens with two attached hydrogens (primary N) is 2. The lowest BCUT2D eigenvalue weighted by Gasteiger charge is -2.21. The molecule has 13 heteroatoms. The first kappa shape index (κ1) is 25.8. The minimum absolute atomic E-state index is 0.0502. The molecule has 29 heavy (non-hydrogen) atoms. The van der Waals surface area contributed by atoms with Crippen LogP contribution in [0.2, 0.25) is 0 Å². The zero-order valence-electron chi connectivity index (χ0n) is 16.1. The van der Waals surface area contributed by atoms with Crippen LogP contribution >= 0.6 is 0 Å². The highest BCUT2D eigenvalue weighted by atomic mass is 16.4. The molecular formula is C16H27N5O8. The Bertz CT molecular complexity index is 651. The van der Waals surface area contributed by atoms with E-state index in [1.165, 1.54) is 0 Å². The summed E-state index contributed by atoms with van der Waals surface area (Å²) >= 11 is 0. The van der Waals surface area contributed by atoms with Gasteiger partial charge >= 0.3 is 11.9 Å². The van der Waals surface area contributed by atoms with E-state index in [0.717, 1.165) is 0 Å². The molecule has 0 aromatic rings. The number of hydrogen-bond acceptors (Lipinski definition) is 7. The van der Waals surface area contributed by atoms with Crippen LogP contribution in [-0.4, -0.2) is 70.5 Å². The lowest BCUT2D eigenvalue weighted by atomic mass is 10.0. The van der Waals surface area contributed by atoms with E-state index in [9.17, 15) is 33.9 Å². The predicted octanol–water partition coefficient (Wildman–Crippen LogP) is -3.12. The van der Waals surface area contributed by atoms with Crippen LogP contribution in [0.15, 0.2) is 0 Å². The van der Waals surface area contributed by atoms with E-state index in [4.69, 9.17) is 16.6 Å². The van der Waals surface area contributed by atoms with Gasteiger partial charge in [0.25, 0.3) is 0 Å². The summed E-state index contributed by atoms with van der Waals surface area (Å²) in [5.41, 5.74) is 10.4. The first-order chi connectivity index (χ1) is 13.3. The first-order valence-corrected chi connectivity index (χ1v) is 8.69. The molecule has 0 saturated heterocycles. The smallest absolute Gasteiger partial charge is 0.326 e. The van der Waals surface area contributed by atoms with E-state index < -0.39 is 73.1 Å². The quantitative estimate of drug-likeness (QED) is 0.160. The third-order valence-electron chi connectivity index (χ3n) is 3.53. The summed E-state index contributed by atoms with van der Waals surface area (Å²) in [4.78, 5) is 68.8. The van der Waals surface area contributed by atoms with Crippen molar-refractivity contribution in [3.05, 3.63) is 0 Å². The highest BCUT2D eigenvalue weighted by Crippen LogP contribution is 2.06. The Labute approximate surface area is 166 Å². The second-order valence-corrected chi connectivity index (χ2v) is 6.74. The average molecular weight is 417 g/mol. The number of rotatable bonds is 13. The van der Waals surface area contributed by atoms with E-state index in [1.54, 1.807) is 13.8 Å². The molecule has 0 radical (unpaired) electrons. The number of hydrogen-bond donors (Lipinski definition) is 7. The molecule has 0 saturated carbocycles. The Kier molecular flexibility index (Phi) is 10.9. The Hall–Kier alpha value is -3.22. The van der Waals surface area contributed by atoms with Crippen molar-refractivity contribution in [3.8, 4) is 0 Å². The summed E-state index contributed by atoms with van der Waals surface area (Å²) in [6.45, 7) is 2.86. The summed E-state index contributed by atoms with van der Waals surface area (Å²) < 4.78 is 0. The first-order valence-electron chi connectivity index (χ1n) is 8.69. The third-order valence-corrected chi connectivity index (χ3v) is 3.53. The summed E-state index contributed by atoms with van der Waals surface area (Å²) in [6.07, 6.45) is -1.12. The van der Waals surface area contributed by atoms with Gasteiger partial charge in [-0.05, 0) is 12.3 Å². The van der Waals surface area contributed by atoms with E-state index in [1.807, 2.05) is 0 Å². The number of aliphatic carboxylic acids is 2. The van der Waals surface area contributed by atoms with Gasteiger partial charge in [-0.3, -0.25) is 24.0 Å². The third kappa shape index (κ3) is 11.3. The van der Waals surface area contributed by atoms with Gasteiger partial charge in [0.1, 0.15) is 12.1 Å². The Morgan fingerprint density at radius 3 is 1.93 bits per heavy atom. The highest BCUT2D eigenvalue weighted by molar-refractivity contribution is 5.95. The Morgan fingerprint density at radius 1 is 0.897 bits per heavy atom. The van der Waals surface area contributed by atoms with Gasteiger partial charge in [-0.25, -0.2) is 4.79 Å². The monoisotopic (exact) mass is 417 g/mol. The average Bonchev–Trinajstić information content (AvgIpc) is 2.56. The lowest BCUT2D eigenvalue weighted by Crippen LogP contribution is -2.54. The van der Waals surface area contributed by atoms with Crippen LogP contribution in [-0.2, 0) is 28.8 Å². The highest BCUT2D eigenvalue weighted by Gasteiger charge is 2.28. The van der Waals surface area contributed by atoms with Crippen molar-refractivity contribution < 1.29 is 39.0 Å². The van der Waals surface area contributed by atoms with Crippen LogP contribution < -0.4 is 27.4 Å². The van der Waals surface area contributed by atoms with Crippen molar-refractivity contribution in [2.45, 2.75) is 51.2 Å². The molecule has 13 nitrogen and oxygen atoms in total. The number of nitrogens with one attached hydrogen (secondary N) is 3. The molecular weight excluding hydrogens is 390 g/mol. The van der Waals surface area contributed by atoms with Crippen LogP contribution in [0.4, 0.5) is 0 Å². The van der Waals surface area contributed by atoms with Gasteiger partial charge in [-0.2, -0.15) is 0 Å². The molecule has 0 bridgehead atoms. The SMILES string of the molecule is CC(C)CC(NC(=O)C(CC(N)=O)NC(=O)CNC(=O)C(N)CC(=O)O)C(=O)O. The van der Waals surface area contributed by atoms with Gasteiger partial charge in [0.05, 0.1) is 25.4 Å². The van der Waals surface area contributed by atoms with Gasteiger partial charge < -0.3 is 37.6 Å². The maximum absolute atomic E-state index is 12.3. The summed E-state index contributed by atoms with van der Waals surface area (Å²) in [5.74, 6) is -6.28. The minimum atomic E-state index is -1.46. The second-order valence-electron chi connectivity index (χ2n) is 6.74. The lowest BCUT2D eigenvalue weighted by molar-refractivity contribution is -0.142. The number of carboxylic acids is 2. The summed E-state index contributed by atoms with van der Waals surface area (Å²) in [5, 5.41) is 24.2. The molecule has 3 atom stereocenters. The van der Waals surface area contributed by atoms with Crippen LogP contribution in [0, 0.1) is 5.92 Å². The van der Waals surface area contributed by atoms with Crippen molar-refractivity contribution in [2.75, 3.05) is 6.54 Å². The number of carbonyl (C=O) groups excluding carboxylic acids is 4. The van der Waals surface area contributed by atoms with Crippen molar-refractivity contribution in [2.24, 2.45) is 17.4 Å². The number of amides is 4. The van der Waals surface area contributed by atoms with E-state index in [-0.39, 0.29) is 12.3 Å². The molecule has 0 aliphatic rings. The van der Waals surface area contributed by atoms with Crippen LogP contribution in [0.3, 0.4) is 0 Å². The Morgan fingerprint density at radius 2 is 1.48 bits per heavy atom. The van der Waals surface area contributed by atoms with Gasteiger partial charge in [0, 0.05) is 0 Å². The normalized spacial score (nSPS) is 13.7. The molecule has 0 aliphatic heterocycles. The molecule has 4 amide bonds. The van der Waals surface area contributed by atoms with E-state index in [0.29, 0.717) is 0 Å². The van der Waals surface area contributed by atoms with Crippen molar-refractivity contribution in [1.82, 2.24) is 16.0 Å². The van der Waals surface area contributed by atoms with E-state index in [2.05, 4.69) is 16.0 Å². The van der Waals surface area contributed by atoms with Crippen molar-refractivity contribution in [3.63, 3.8) is 0 Å². The maximum atomic E-state index is 12.3. The fourth-order valence-corrected chi connectivity index (χ4v) is 2.20. The molecule has 3 unspecified atom stereocenters. The Balaban J connectivity index is 4.92. The zero-order chi connectivity index (χ0) is 22.7. The molecule has 0 aromatic carbocycles. The van der Waals surface area contributed by atoms with Gasteiger partial charge in [-0.15, -0.1) is 0 Å². The van der Waals surface area contributed by atoms with Crippen LogP contribution in [0.25, 0.3) is 0 Å². The van der Waals surface area contributed by atoms with Crippen LogP contribution in [0.5, 0.6) is 0 Å². The number of carboxylic acid groups (broad SMARTS) is 2. The van der Waals surface area contributed by atoms with Gasteiger partial charge in [0.15, 0.2) is 0 Å². The topological polar surface area (TPSA) is 231 Å². The standard InChI is InChI=1S/C16H27N5O8/c1-7(2)3-10(16(28)29)21-15(27)9(5-11(18)22)20-12(23)6-19-14(26)8(17)4-13(24)25/h7-10H,3-6,17H2,1-2H3,(H2,18,22)(H,19,26)(H,20,23)(H,21,27)(H,24,25)(H,28,29). The molecule has 9 N–H and O–H groups in total. The molecule has 0 aliphatic carbocycles. The number of primary amides is 1. The molecule has 0 spiro atoms. The summed E-state index contributed by atoms with van der Waals surface area (Å²) in [7, 11) is 0. The largest absolute Gasteiger partial charge is 0.481 e. The summed E-state index contributed by atoms with van der Waals surface area (Å²) in [6, 6.07) is -4.07. The minimum Gasteiger partial charge on any atom is -0.481 e. The second kappa shape index (κ2) is 12.3. The predicted molar refractivity (Wildman–Crippen MR) is 98.0 cm³/mol. The fourth-order valence-electron chi connectivity index (χ4n) is 2.20. The molecule has 0 fully saturated rings. The number of carbonyl (C=O) groups is 6. The zero-order valence-corrected chi connectivity index (χ0v) is 16.1. The molecule has 0 rings (SSSR count). The maximum Gasteiger partial charge on any atom is 0.326 e.